The zero-order valence-corrected chi connectivity index (χ0v) is 16.5. The van der Waals surface area contributed by atoms with Gasteiger partial charge in [0, 0.05) is 0 Å². The second-order valence-electron chi connectivity index (χ2n) is 7.30. The average molecular weight is 409 g/mol. The number of rotatable bonds is 7. The molecule has 0 spiro atoms. The number of phenolic OH excluding ortho intramolecular Hbond substituents is 1. The fraction of sp³-hybridized carbons (Fsp3) is 0.286. The third-order valence-electron chi connectivity index (χ3n) is 4.73. The van der Waals surface area contributed by atoms with E-state index in [0.717, 1.165) is 4.68 Å². The molecule has 1 heterocycles. The highest BCUT2D eigenvalue weighted by molar-refractivity contribution is 5.86. The van der Waals surface area contributed by atoms with Crippen LogP contribution in [0.3, 0.4) is 0 Å². The summed E-state index contributed by atoms with van der Waals surface area (Å²) in [5.74, 6) is -2.46. The molecule has 9 nitrogen and oxygen atoms in total. The van der Waals surface area contributed by atoms with Gasteiger partial charge < -0.3 is 20.3 Å². The summed E-state index contributed by atoms with van der Waals surface area (Å²) in [6, 6.07) is 10.2. The van der Waals surface area contributed by atoms with E-state index in [4.69, 9.17) is 0 Å². The zero-order valence-electron chi connectivity index (χ0n) is 16.5. The summed E-state index contributed by atoms with van der Waals surface area (Å²) < 4.78 is 0.981. The Morgan fingerprint density at radius 1 is 1.13 bits per heavy atom. The van der Waals surface area contributed by atoms with Crippen LogP contribution >= 0.6 is 0 Å². The zero-order chi connectivity index (χ0) is 21.8. The highest BCUT2D eigenvalue weighted by Gasteiger charge is 2.29. The molecule has 2 N–H and O–H groups in total. The maximum absolute atomic E-state index is 13.0. The molecular weight excluding hydrogens is 388 g/mol. The molecule has 0 aliphatic rings. The van der Waals surface area contributed by atoms with Crippen LogP contribution in [0, 0.1) is 5.92 Å². The Morgan fingerprint density at radius 2 is 1.80 bits per heavy atom. The predicted octanol–water partition coefficient (Wildman–Crippen LogP) is 0.172. The number of carboxylic acid groups (broad SMARTS) is 1. The molecule has 0 bridgehead atoms. The molecule has 0 aliphatic heterocycles. The molecular formula is C21H21N4O5-. The first-order chi connectivity index (χ1) is 14.3. The predicted molar refractivity (Wildman–Crippen MR) is 106 cm³/mol. The Kier molecular flexibility index (Phi) is 6.10. The van der Waals surface area contributed by atoms with Crippen molar-refractivity contribution in [2.24, 2.45) is 5.92 Å². The summed E-state index contributed by atoms with van der Waals surface area (Å²) in [6.07, 6.45) is -0.0442. The SMILES string of the molecule is CC(C)[C@@H](C(=O)N[C@@H](Cc1ccc(O)cc1)C(=O)[O-])n1nnc2ccccc2c1=O. The van der Waals surface area contributed by atoms with E-state index in [1.165, 1.54) is 12.1 Å². The third kappa shape index (κ3) is 4.45. The third-order valence-corrected chi connectivity index (χ3v) is 4.73. The Bertz CT molecular complexity index is 1120. The Balaban J connectivity index is 1.89. The van der Waals surface area contributed by atoms with Gasteiger partial charge in [-0.1, -0.05) is 43.3 Å². The number of aromatic nitrogens is 3. The van der Waals surface area contributed by atoms with Crippen LogP contribution in [0.25, 0.3) is 10.9 Å². The number of carbonyl (C=O) groups excluding carboxylic acids is 2. The maximum Gasteiger partial charge on any atom is 0.278 e. The quantitative estimate of drug-likeness (QED) is 0.567. The summed E-state index contributed by atoms with van der Waals surface area (Å²) in [5, 5.41) is 31.6. The smallest absolute Gasteiger partial charge is 0.278 e. The van der Waals surface area contributed by atoms with Gasteiger partial charge >= 0.3 is 0 Å². The number of hydrogen-bond donors (Lipinski definition) is 2. The first-order valence-electron chi connectivity index (χ1n) is 9.41. The van der Waals surface area contributed by atoms with Crippen molar-refractivity contribution in [2.75, 3.05) is 0 Å². The number of nitrogens with one attached hydrogen (secondary N) is 1. The van der Waals surface area contributed by atoms with Gasteiger partial charge in [-0.2, -0.15) is 4.68 Å². The largest absolute Gasteiger partial charge is 0.548 e. The summed E-state index contributed by atoms with van der Waals surface area (Å²) in [7, 11) is 0. The fourth-order valence-corrected chi connectivity index (χ4v) is 3.20. The summed E-state index contributed by atoms with van der Waals surface area (Å²) in [6.45, 7) is 3.45. The normalized spacial score (nSPS) is 13.2. The molecule has 30 heavy (non-hydrogen) atoms. The first-order valence-corrected chi connectivity index (χ1v) is 9.41. The number of aliphatic carboxylic acids is 1. The van der Waals surface area contributed by atoms with Crippen LogP contribution in [0.2, 0.25) is 0 Å². The van der Waals surface area contributed by atoms with Crippen LogP contribution in [0.1, 0.15) is 25.5 Å². The summed E-state index contributed by atoms with van der Waals surface area (Å²) in [5.41, 5.74) is 0.505. The van der Waals surface area contributed by atoms with E-state index in [0.29, 0.717) is 16.5 Å². The van der Waals surface area contributed by atoms with E-state index in [-0.39, 0.29) is 18.1 Å². The molecule has 156 valence electrons. The van der Waals surface area contributed by atoms with Crippen molar-refractivity contribution >= 4 is 22.8 Å². The van der Waals surface area contributed by atoms with Crippen molar-refractivity contribution in [3.63, 3.8) is 0 Å². The van der Waals surface area contributed by atoms with Gasteiger partial charge in [-0.25, -0.2) is 0 Å². The van der Waals surface area contributed by atoms with E-state index in [1.807, 2.05) is 0 Å². The molecule has 0 saturated heterocycles. The number of fused-ring (bicyclic) bond motifs is 1. The lowest BCUT2D eigenvalue weighted by Crippen LogP contribution is -2.52. The van der Waals surface area contributed by atoms with E-state index >= 15 is 0 Å². The van der Waals surface area contributed by atoms with Gasteiger partial charge in [0.1, 0.15) is 17.3 Å². The summed E-state index contributed by atoms with van der Waals surface area (Å²) >= 11 is 0. The lowest BCUT2D eigenvalue weighted by atomic mass is 10.0. The second-order valence-corrected chi connectivity index (χ2v) is 7.30. The highest BCUT2D eigenvalue weighted by atomic mass is 16.4. The van der Waals surface area contributed by atoms with Gasteiger partial charge in [0.05, 0.1) is 17.4 Å². The molecule has 1 amide bonds. The van der Waals surface area contributed by atoms with Gasteiger partial charge in [0.2, 0.25) is 5.91 Å². The number of benzene rings is 2. The molecule has 0 aliphatic carbocycles. The van der Waals surface area contributed by atoms with E-state index in [2.05, 4.69) is 15.6 Å². The number of amides is 1. The molecule has 2 atom stereocenters. The first kappa shape index (κ1) is 21.0. The standard InChI is InChI=1S/C21H22N4O5/c1-12(2)18(25-20(28)15-5-3-4-6-16(15)23-24-25)19(27)22-17(21(29)30)11-13-7-9-14(26)10-8-13/h3-10,12,17-18,26H,11H2,1-2H3,(H,22,27)(H,29,30)/p-1/t17-,18-/m0/s1. The number of hydrogen-bond acceptors (Lipinski definition) is 7. The molecule has 0 saturated carbocycles. The Hall–Kier alpha value is -3.75. The van der Waals surface area contributed by atoms with Crippen LogP contribution in [-0.4, -0.2) is 38.0 Å². The van der Waals surface area contributed by atoms with Crippen molar-refractivity contribution in [3.05, 3.63) is 64.4 Å². The minimum absolute atomic E-state index is 0.0434. The monoisotopic (exact) mass is 409 g/mol. The van der Waals surface area contributed by atoms with Gasteiger partial charge in [-0.15, -0.1) is 5.10 Å². The Labute approximate surface area is 172 Å². The Morgan fingerprint density at radius 3 is 2.43 bits per heavy atom. The second kappa shape index (κ2) is 8.73. The van der Waals surface area contributed by atoms with Crippen molar-refractivity contribution < 1.29 is 19.8 Å². The van der Waals surface area contributed by atoms with E-state index < -0.39 is 29.5 Å². The van der Waals surface area contributed by atoms with Crippen molar-refractivity contribution in [3.8, 4) is 5.75 Å². The number of carboxylic acids is 1. The van der Waals surface area contributed by atoms with Crippen LogP contribution in [0.4, 0.5) is 0 Å². The molecule has 3 aromatic rings. The van der Waals surface area contributed by atoms with Gasteiger partial charge in [-0.3, -0.25) is 9.59 Å². The molecule has 0 fully saturated rings. The highest BCUT2D eigenvalue weighted by Crippen LogP contribution is 2.17. The van der Waals surface area contributed by atoms with Crippen LogP contribution in [0.15, 0.2) is 53.3 Å². The molecule has 3 rings (SSSR count). The molecule has 0 unspecified atom stereocenters. The lowest BCUT2D eigenvalue weighted by Gasteiger charge is -2.26. The van der Waals surface area contributed by atoms with Crippen LogP contribution < -0.4 is 16.0 Å². The minimum Gasteiger partial charge on any atom is -0.548 e. The lowest BCUT2D eigenvalue weighted by molar-refractivity contribution is -0.308. The van der Waals surface area contributed by atoms with Crippen LogP contribution in [-0.2, 0) is 16.0 Å². The van der Waals surface area contributed by atoms with Crippen molar-refractivity contribution in [1.82, 2.24) is 20.3 Å². The average Bonchev–Trinajstić information content (AvgIpc) is 2.71. The fourth-order valence-electron chi connectivity index (χ4n) is 3.20. The van der Waals surface area contributed by atoms with Crippen molar-refractivity contribution in [1.29, 1.82) is 0 Å². The molecule has 0 radical (unpaired) electrons. The number of aromatic hydroxyl groups is 1. The van der Waals surface area contributed by atoms with E-state index in [1.54, 1.807) is 50.2 Å². The molecule has 2 aromatic carbocycles. The molecule has 9 heteroatoms. The molecule has 1 aromatic heterocycles. The van der Waals surface area contributed by atoms with Gasteiger partial charge in [0.15, 0.2) is 0 Å². The number of phenols is 1. The topological polar surface area (TPSA) is 137 Å². The number of carbonyl (C=O) groups is 2. The van der Waals surface area contributed by atoms with Gasteiger partial charge in [0.25, 0.3) is 5.56 Å². The van der Waals surface area contributed by atoms with Gasteiger partial charge in [-0.05, 0) is 42.2 Å². The van der Waals surface area contributed by atoms with Crippen molar-refractivity contribution in [2.45, 2.75) is 32.4 Å². The maximum atomic E-state index is 13.0. The van der Waals surface area contributed by atoms with Crippen LogP contribution in [0.5, 0.6) is 5.75 Å². The number of nitrogens with zero attached hydrogens (tertiary/aromatic N) is 3. The summed E-state index contributed by atoms with van der Waals surface area (Å²) in [4.78, 5) is 37.4. The minimum atomic E-state index is -1.46. The van der Waals surface area contributed by atoms with E-state index in [9.17, 15) is 24.6 Å².